The van der Waals surface area contributed by atoms with Crippen LogP contribution < -0.4 is 5.32 Å². The van der Waals surface area contributed by atoms with Gasteiger partial charge in [0.15, 0.2) is 0 Å². The number of carbonyl (C=O) groups excluding carboxylic acids is 2. The van der Waals surface area contributed by atoms with E-state index in [1.54, 1.807) is 0 Å². The van der Waals surface area contributed by atoms with Gasteiger partial charge in [0, 0.05) is 19.0 Å². The minimum absolute atomic E-state index is 0.0201. The van der Waals surface area contributed by atoms with Crippen molar-refractivity contribution in [2.75, 3.05) is 13.1 Å². The highest BCUT2D eigenvalue weighted by Gasteiger charge is 2.40. The lowest BCUT2D eigenvalue weighted by molar-refractivity contribution is -0.133. The molecule has 1 aromatic carbocycles. The molecule has 0 saturated carbocycles. The predicted molar refractivity (Wildman–Crippen MR) is 112 cm³/mol. The summed E-state index contributed by atoms with van der Waals surface area (Å²) in [6.07, 6.45) is -0.543. The van der Waals surface area contributed by atoms with Crippen LogP contribution in [-0.4, -0.2) is 41.6 Å². The van der Waals surface area contributed by atoms with Crippen LogP contribution in [0, 0.1) is 17.8 Å². The van der Waals surface area contributed by atoms with Crippen molar-refractivity contribution in [1.82, 2.24) is 10.2 Å². The summed E-state index contributed by atoms with van der Waals surface area (Å²) in [5, 5.41) is 2.80. The number of rotatable bonds is 5. The van der Waals surface area contributed by atoms with Crippen molar-refractivity contribution < 1.29 is 14.3 Å². The molecule has 1 N–H and O–H groups in total. The zero-order valence-electron chi connectivity index (χ0n) is 18.4. The first-order chi connectivity index (χ1) is 13.0. The van der Waals surface area contributed by atoms with Crippen molar-refractivity contribution in [3.05, 3.63) is 35.9 Å². The molecule has 2 amide bonds. The van der Waals surface area contributed by atoms with Gasteiger partial charge in [0.2, 0.25) is 5.91 Å². The lowest BCUT2D eigenvalue weighted by Crippen LogP contribution is -2.51. The Morgan fingerprint density at radius 2 is 1.68 bits per heavy atom. The monoisotopic (exact) mass is 388 g/mol. The van der Waals surface area contributed by atoms with Crippen LogP contribution in [0.1, 0.15) is 59.9 Å². The smallest absolute Gasteiger partial charge is 0.408 e. The number of carbonyl (C=O) groups is 2. The van der Waals surface area contributed by atoms with E-state index in [-0.39, 0.29) is 11.8 Å². The van der Waals surface area contributed by atoms with Gasteiger partial charge in [0.05, 0.1) is 0 Å². The van der Waals surface area contributed by atoms with E-state index >= 15 is 0 Å². The third kappa shape index (κ3) is 5.73. The summed E-state index contributed by atoms with van der Waals surface area (Å²) >= 11 is 0. The number of nitrogens with one attached hydrogen (secondary N) is 1. The Bertz CT molecular complexity index is 664. The molecule has 0 aliphatic carbocycles. The maximum absolute atomic E-state index is 13.3. The summed E-state index contributed by atoms with van der Waals surface area (Å²) in [7, 11) is 0. The van der Waals surface area contributed by atoms with E-state index in [4.69, 9.17) is 4.74 Å². The maximum atomic E-state index is 13.3. The molecule has 5 heteroatoms. The lowest BCUT2D eigenvalue weighted by Gasteiger charge is -2.28. The first kappa shape index (κ1) is 22.3. The summed E-state index contributed by atoms with van der Waals surface area (Å²) in [5.74, 6) is 1.15. The van der Waals surface area contributed by atoms with E-state index < -0.39 is 17.7 Å². The first-order valence-corrected chi connectivity index (χ1v) is 10.3. The zero-order chi connectivity index (χ0) is 21.1. The number of hydrogen-bond donors (Lipinski definition) is 1. The molecule has 156 valence electrons. The van der Waals surface area contributed by atoms with Crippen LogP contribution in [-0.2, 0) is 9.53 Å². The lowest BCUT2D eigenvalue weighted by atomic mass is 9.82. The molecule has 0 bridgehead atoms. The van der Waals surface area contributed by atoms with Crippen molar-refractivity contribution in [1.29, 1.82) is 0 Å². The third-order valence-electron chi connectivity index (χ3n) is 5.37. The molecule has 1 aliphatic heterocycles. The Kier molecular flexibility index (Phi) is 7.13. The van der Waals surface area contributed by atoms with Gasteiger partial charge in [-0.3, -0.25) is 4.79 Å². The third-order valence-corrected chi connectivity index (χ3v) is 5.37. The molecule has 5 nitrogen and oxygen atoms in total. The van der Waals surface area contributed by atoms with Gasteiger partial charge in [-0.05, 0) is 44.1 Å². The molecule has 1 fully saturated rings. The molecule has 0 spiro atoms. The van der Waals surface area contributed by atoms with Gasteiger partial charge < -0.3 is 15.0 Å². The Hall–Kier alpha value is -2.04. The summed E-state index contributed by atoms with van der Waals surface area (Å²) in [6, 6.07) is 9.83. The first-order valence-electron chi connectivity index (χ1n) is 10.3. The van der Waals surface area contributed by atoms with Crippen LogP contribution >= 0.6 is 0 Å². The molecule has 1 aromatic rings. The van der Waals surface area contributed by atoms with Crippen LogP contribution in [0.5, 0.6) is 0 Å². The molecule has 2 rings (SSSR count). The van der Waals surface area contributed by atoms with Crippen molar-refractivity contribution >= 4 is 12.0 Å². The molecule has 0 radical (unpaired) electrons. The number of benzene rings is 1. The normalized spacial score (nSPS) is 21.1. The Morgan fingerprint density at radius 3 is 2.18 bits per heavy atom. The second kappa shape index (κ2) is 8.97. The zero-order valence-corrected chi connectivity index (χ0v) is 18.4. The minimum Gasteiger partial charge on any atom is -0.444 e. The fourth-order valence-corrected chi connectivity index (χ4v) is 3.88. The molecule has 0 unspecified atom stereocenters. The molecule has 1 saturated heterocycles. The van der Waals surface area contributed by atoms with Crippen LogP contribution in [0.2, 0.25) is 0 Å². The van der Waals surface area contributed by atoms with E-state index in [1.807, 2.05) is 45.6 Å². The fraction of sp³-hybridized carbons (Fsp3) is 0.652. The summed E-state index contributed by atoms with van der Waals surface area (Å²) in [6.45, 7) is 15.2. The van der Waals surface area contributed by atoms with E-state index in [1.165, 1.54) is 5.56 Å². The van der Waals surface area contributed by atoms with Crippen LogP contribution in [0.4, 0.5) is 4.79 Å². The van der Waals surface area contributed by atoms with E-state index in [0.29, 0.717) is 24.3 Å². The molecule has 28 heavy (non-hydrogen) atoms. The summed E-state index contributed by atoms with van der Waals surface area (Å²) in [4.78, 5) is 27.5. The van der Waals surface area contributed by atoms with Gasteiger partial charge in [-0.2, -0.15) is 0 Å². The second-order valence-corrected chi connectivity index (χ2v) is 9.54. The Morgan fingerprint density at radius 1 is 1.07 bits per heavy atom. The number of ether oxygens (including phenoxy) is 1. The van der Waals surface area contributed by atoms with Gasteiger partial charge in [-0.1, -0.05) is 58.0 Å². The van der Waals surface area contributed by atoms with Crippen molar-refractivity contribution in [3.8, 4) is 0 Å². The number of amides is 2. The molecular formula is C23H36N2O3. The topological polar surface area (TPSA) is 58.6 Å². The predicted octanol–water partition coefficient (Wildman–Crippen LogP) is 4.43. The maximum Gasteiger partial charge on any atom is 0.408 e. The Labute approximate surface area is 169 Å². The molecule has 1 heterocycles. The number of hydrogen-bond acceptors (Lipinski definition) is 3. The summed E-state index contributed by atoms with van der Waals surface area (Å²) in [5.41, 5.74) is 0.682. The van der Waals surface area contributed by atoms with Crippen molar-refractivity contribution in [2.45, 2.75) is 66.0 Å². The molecule has 1 aliphatic rings. The number of alkyl carbamates (subject to hydrolysis) is 1. The average molecular weight is 389 g/mol. The van der Waals surface area contributed by atoms with Crippen LogP contribution in [0.15, 0.2) is 30.3 Å². The molecule has 3 atom stereocenters. The van der Waals surface area contributed by atoms with Gasteiger partial charge in [0.25, 0.3) is 0 Å². The SMILES string of the molecule is CC(C)[C@H](NC(=O)OC(C)(C)C)C(=O)N1C[C@H](c2ccccc2)[C@@H](C(C)C)C1. The fourth-order valence-electron chi connectivity index (χ4n) is 3.88. The van der Waals surface area contributed by atoms with E-state index in [2.05, 4.69) is 43.4 Å². The van der Waals surface area contributed by atoms with Gasteiger partial charge in [-0.25, -0.2) is 4.79 Å². The average Bonchev–Trinajstić information content (AvgIpc) is 3.04. The van der Waals surface area contributed by atoms with Crippen LogP contribution in [0.25, 0.3) is 0 Å². The highest BCUT2D eigenvalue weighted by atomic mass is 16.6. The van der Waals surface area contributed by atoms with Crippen LogP contribution in [0.3, 0.4) is 0 Å². The minimum atomic E-state index is -0.594. The molecular weight excluding hydrogens is 352 g/mol. The molecule has 0 aromatic heterocycles. The van der Waals surface area contributed by atoms with Gasteiger partial charge in [0.1, 0.15) is 11.6 Å². The van der Waals surface area contributed by atoms with E-state index in [9.17, 15) is 9.59 Å². The standard InChI is InChI=1S/C23H36N2O3/c1-15(2)18-13-25(14-19(18)17-11-9-8-10-12-17)21(26)20(16(3)4)24-22(27)28-23(5,6)7/h8-12,15-16,18-20H,13-14H2,1-7H3,(H,24,27)/t18-,19-,20+/m1/s1. The van der Waals surface area contributed by atoms with Gasteiger partial charge >= 0.3 is 6.09 Å². The van der Waals surface area contributed by atoms with Gasteiger partial charge in [-0.15, -0.1) is 0 Å². The highest BCUT2D eigenvalue weighted by Crippen LogP contribution is 2.37. The van der Waals surface area contributed by atoms with E-state index in [0.717, 1.165) is 6.54 Å². The second-order valence-electron chi connectivity index (χ2n) is 9.54. The number of likely N-dealkylation sites (tertiary alicyclic amines) is 1. The number of nitrogens with zero attached hydrogens (tertiary/aromatic N) is 1. The quantitative estimate of drug-likeness (QED) is 0.811. The largest absolute Gasteiger partial charge is 0.444 e. The summed E-state index contributed by atoms with van der Waals surface area (Å²) < 4.78 is 5.36. The highest BCUT2D eigenvalue weighted by molar-refractivity contribution is 5.86. The Balaban J connectivity index is 2.15. The van der Waals surface area contributed by atoms with Crippen molar-refractivity contribution in [3.63, 3.8) is 0 Å². The van der Waals surface area contributed by atoms with Crippen molar-refractivity contribution in [2.24, 2.45) is 17.8 Å².